The van der Waals surface area contributed by atoms with Gasteiger partial charge in [0.15, 0.2) is 0 Å². The molecule has 0 bridgehead atoms. The van der Waals surface area contributed by atoms with Crippen LogP contribution in [0.3, 0.4) is 0 Å². The average molecular weight is 488 g/mol. The number of hydrogen-bond donors (Lipinski definition) is 0. The van der Waals surface area contributed by atoms with Gasteiger partial charge >= 0.3 is 6.18 Å². The zero-order chi connectivity index (χ0) is 13.8. The van der Waals surface area contributed by atoms with Crippen molar-refractivity contribution < 1.29 is 13.2 Å². The summed E-state index contributed by atoms with van der Waals surface area (Å²) in [5.74, 6) is -1.62. The number of pyridine rings is 2. The lowest BCUT2D eigenvalue weighted by Gasteiger charge is -2.16. The molecule has 1 aliphatic carbocycles. The normalized spacial score (nSPS) is 14.4. The third-order valence-electron chi connectivity index (χ3n) is 2.96. The van der Waals surface area contributed by atoms with Crippen LogP contribution < -0.4 is 0 Å². The lowest BCUT2D eigenvalue weighted by Crippen LogP contribution is -2.20. The molecule has 3 rings (SSSR count). The summed E-state index contributed by atoms with van der Waals surface area (Å²) < 4.78 is 41.1. The van der Waals surface area contributed by atoms with Gasteiger partial charge in [-0.15, -0.1) is 0 Å². The number of alkyl halides is 3. The van der Waals surface area contributed by atoms with Gasteiger partial charge in [0.25, 0.3) is 0 Å². The summed E-state index contributed by atoms with van der Waals surface area (Å²) in [5.41, 5.74) is 1.08. The van der Waals surface area contributed by atoms with Gasteiger partial charge in [0.1, 0.15) is 13.3 Å². The molecule has 0 aromatic carbocycles. The minimum Gasteiger partial charge on any atom is -0.240 e. The van der Waals surface area contributed by atoms with Crippen molar-refractivity contribution in [3.63, 3.8) is 0 Å². The monoisotopic (exact) mass is 488 g/mol. The quantitative estimate of drug-likeness (QED) is 0.407. The van der Waals surface area contributed by atoms with Crippen LogP contribution in [-0.2, 0) is 0 Å². The molecule has 2 nitrogen and oxygen atoms in total. The predicted octanol–water partition coefficient (Wildman–Crippen LogP) is 4.36. The number of hydrogen-bond acceptors (Lipinski definition) is 2. The van der Waals surface area contributed by atoms with Gasteiger partial charge in [0.05, 0.1) is 11.4 Å². The fourth-order valence-corrected chi connectivity index (χ4v) is 3.10. The highest BCUT2D eigenvalue weighted by Gasteiger charge is 2.48. The van der Waals surface area contributed by atoms with E-state index < -0.39 is 12.1 Å². The zero-order valence-electron chi connectivity index (χ0n) is 9.17. The fraction of sp³-hybridized carbons (Fsp3) is 0.167. The van der Waals surface area contributed by atoms with Crippen molar-refractivity contribution >= 4 is 45.2 Å². The van der Waals surface area contributed by atoms with Crippen LogP contribution in [0.4, 0.5) is 13.2 Å². The van der Waals surface area contributed by atoms with Gasteiger partial charge in [-0.25, -0.2) is 9.97 Å². The largest absolute Gasteiger partial charge is 0.399 e. The molecule has 0 unspecified atom stereocenters. The van der Waals surface area contributed by atoms with Crippen LogP contribution in [0.2, 0.25) is 0 Å². The van der Waals surface area contributed by atoms with Crippen LogP contribution in [0.1, 0.15) is 17.0 Å². The van der Waals surface area contributed by atoms with Crippen LogP contribution >= 0.6 is 45.2 Å². The van der Waals surface area contributed by atoms with E-state index in [1.807, 2.05) is 45.2 Å². The Morgan fingerprint density at radius 2 is 1.26 bits per heavy atom. The Bertz CT molecular complexity index is 619. The highest BCUT2D eigenvalue weighted by atomic mass is 127. The summed E-state index contributed by atoms with van der Waals surface area (Å²) in [4.78, 5) is 8.44. The minimum atomic E-state index is -4.33. The van der Waals surface area contributed by atoms with E-state index in [4.69, 9.17) is 0 Å². The smallest absolute Gasteiger partial charge is 0.240 e. The Balaban J connectivity index is 2.33. The van der Waals surface area contributed by atoms with E-state index in [-0.39, 0.29) is 11.1 Å². The average Bonchev–Trinajstić information content (AvgIpc) is 2.62. The van der Waals surface area contributed by atoms with Crippen molar-refractivity contribution in [2.75, 3.05) is 0 Å². The predicted molar refractivity (Wildman–Crippen MR) is 80.8 cm³/mol. The number of rotatable bonds is 0. The van der Waals surface area contributed by atoms with Crippen LogP contribution in [0, 0.1) is 7.40 Å². The number of aromatic nitrogens is 2. The topological polar surface area (TPSA) is 25.8 Å². The van der Waals surface area contributed by atoms with Crippen molar-refractivity contribution in [3.8, 4) is 11.4 Å². The van der Waals surface area contributed by atoms with Crippen molar-refractivity contribution in [2.24, 2.45) is 0 Å². The lowest BCUT2D eigenvalue weighted by molar-refractivity contribution is -0.140. The second-order valence-corrected chi connectivity index (χ2v) is 6.33. The van der Waals surface area contributed by atoms with Crippen molar-refractivity contribution in [2.45, 2.75) is 12.1 Å². The fourth-order valence-electron chi connectivity index (χ4n) is 2.26. The summed E-state index contributed by atoms with van der Waals surface area (Å²) in [5, 5.41) is 0. The van der Waals surface area contributed by atoms with E-state index >= 15 is 0 Å². The molecule has 2 aromatic rings. The second-order valence-electron chi connectivity index (χ2n) is 4.12. The third kappa shape index (κ3) is 2.24. The standard InChI is InChI=1S/C12H5F3I2N2/c13-12(14,15)9-5-1-3-7(16)18-10(5)11-6(9)2-4-8(17)19-11/h1-4,9H. The summed E-state index contributed by atoms with van der Waals surface area (Å²) in [6.45, 7) is 0. The third-order valence-corrected chi connectivity index (χ3v) is 4.16. The van der Waals surface area contributed by atoms with Crippen LogP contribution in [0.5, 0.6) is 0 Å². The van der Waals surface area contributed by atoms with Gasteiger partial charge in [-0.05, 0) is 68.4 Å². The number of fused-ring (bicyclic) bond motifs is 3. The molecule has 0 N–H and O–H groups in total. The van der Waals surface area contributed by atoms with Gasteiger partial charge in [-0.1, -0.05) is 12.1 Å². The van der Waals surface area contributed by atoms with Crippen molar-refractivity contribution in [1.29, 1.82) is 0 Å². The maximum absolute atomic E-state index is 13.3. The van der Waals surface area contributed by atoms with Crippen LogP contribution in [-0.4, -0.2) is 16.1 Å². The van der Waals surface area contributed by atoms with E-state index in [2.05, 4.69) is 9.97 Å². The molecule has 0 fully saturated rings. The molecule has 2 heterocycles. The first-order valence-electron chi connectivity index (χ1n) is 5.28. The first kappa shape index (κ1) is 13.5. The molecular formula is C12H5F3I2N2. The molecule has 2 aromatic heterocycles. The van der Waals surface area contributed by atoms with Gasteiger partial charge in [-0.3, -0.25) is 0 Å². The maximum Gasteiger partial charge on any atom is 0.399 e. The van der Waals surface area contributed by atoms with Crippen LogP contribution in [0.15, 0.2) is 24.3 Å². The molecule has 0 radical (unpaired) electrons. The zero-order valence-corrected chi connectivity index (χ0v) is 13.5. The maximum atomic E-state index is 13.3. The van der Waals surface area contributed by atoms with E-state index in [0.29, 0.717) is 18.8 Å². The summed E-state index contributed by atoms with van der Waals surface area (Å²) in [6.07, 6.45) is -4.33. The molecule has 0 saturated heterocycles. The van der Waals surface area contributed by atoms with E-state index in [9.17, 15) is 13.2 Å². The molecular weight excluding hydrogens is 483 g/mol. The van der Waals surface area contributed by atoms with Gasteiger partial charge in [-0.2, -0.15) is 13.2 Å². The Labute approximate surface area is 134 Å². The number of nitrogens with zero attached hydrogens (tertiary/aromatic N) is 2. The highest BCUT2D eigenvalue weighted by molar-refractivity contribution is 14.1. The molecule has 0 spiro atoms. The number of halogens is 5. The Morgan fingerprint density at radius 1 is 0.842 bits per heavy atom. The summed E-state index contributed by atoms with van der Waals surface area (Å²) in [6, 6.07) is 6.18. The first-order valence-corrected chi connectivity index (χ1v) is 7.43. The first-order chi connectivity index (χ1) is 8.88. The van der Waals surface area contributed by atoms with Gasteiger partial charge in [0, 0.05) is 0 Å². The molecule has 0 aliphatic heterocycles. The Hall–Kier alpha value is -0.450. The van der Waals surface area contributed by atoms with Crippen molar-refractivity contribution in [1.82, 2.24) is 9.97 Å². The minimum absolute atomic E-state index is 0.192. The van der Waals surface area contributed by atoms with Gasteiger partial charge in [0.2, 0.25) is 0 Å². The molecule has 0 saturated carbocycles. The van der Waals surface area contributed by atoms with E-state index in [0.717, 1.165) is 0 Å². The molecule has 19 heavy (non-hydrogen) atoms. The van der Waals surface area contributed by atoms with Crippen molar-refractivity contribution in [3.05, 3.63) is 42.8 Å². The summed E-state index contributed by atoms with van der Waals surface area (Å²) in [7, 11) is 0. The Kier molecular flexibility index (Phi) is 3.23. The lowest BCUT2D eigenvalue weighted by atomic mass is 9.98. The van der Waals surface area contributed by atoms with Gasteiger partial charge < -0.3 is 0 Å². The molecule has 1 aliphatic rings. The summed E-state index contributed by atoms with van der Waals surface area (Å²) >= 11 is 3.97. The highest BCUT2D eigenvalue weighted by Crippen LogP contribution is 2.50. The SMILES string of the molecule is FC(F)(F)C1c2ccc(I)nc2-c2nc(I)ccc21. The van der Waals surface area contributed by atoms with E-state index in [1.54, 1.807) is 12.1 Å². The molecule has 0 amide bonds. The van der Waals surface area contributed by atoms with E-state index in [1.165, 1.54) is 12.1 Å². The molecule has 7 heteroatoms. The molecule has 0 atom stereocenters. The van der Waals surface area contributed by atoms with Crippen LogP contribution in [0.25, 0.3) is 11.4 Å². The Morgan fingerprint density at radius 3 is 1.63 bits per heavy atom. The molecule has 98 valence electrons. The second kappa shape index (κ2) is 4.54.